The second-order valence-corrected chi connectivity index (χ2v) is 3.59. The highest BCUT2D eigenvalue weighted by Crippen LogP contribution is 2.18. The van der Waals surface area contributed by atoms with E-state index >= 15 is 0 Å². The van der Waals surface area contributed by atoms with E-state index in [1.165, 1.54) is 0 Å². The molecule has 0 bridgehead atoms. The van der Waals surface area contributed by atoms with E-state index in [0.29, 0.717) is 6.61 Å². The van der Waals surface area contributed by atoms with Crippen molar-refractivity contribution in [1.82, 2.24) is 5.32 Å². The standard InChI is InChI=1S/C12H17F2NO/c1-15-7-3-2-4-8-16-12-9-10(13)5-6-11(12)14/h5-6,9,15H,2-4,7-8H2,1H3. The molecule has 1 aromatic carbocycles. The van der Waals surface area contributed by atoms with Crippen molar-refractivity contribution in [3.8, 4) is 5.75 Å². The third-order valence-corrected chi connectivity index (χ3v) is 2.22. The lowest BCUT2D eigenvalue weighted by Gasteiger charge is -2.07. The summed E-state index contributed by atoms with van der Waals surface area (Å²) in [4.78, 5) is 0. The van der Waals surface area contributed by atoms with Crippen molar-refractivity contribution in [3.05, 3.63) is 29.8 Å². The topological polar surface area (TPSA) is 21.3 Å². The average Bonchev–Trinajstić information content (AvgIpc) is 2.28. The van der Waals surface area contributed by atoms with Crippen molar-refractivity contribution < 1.29 is 13.5 Å². The first-order chi connectivity index (χ1) is 7.74. The first kappa shape index (κ1) is 12.9. The van der Waals surface area contributed by atoms with Crippen molar-refractivity contribution in [2.45, 2.75) is 19.3 Å². The van der Waals surface area contributed by atoms with Crippen molar-refractivity contribution in [2.24, 2.45) is 0 Å². The van der Waals surface area contributed by atoms with Gasteiger partial charge in [-0.15, -0.1) is 0 Å². The summed E-state index contributed by atoms with van der Waals surface area (Å²) in [5.74, 6) is -1.00. The molecule has 0 aliphatic carbocycles. The van der Waals surface area contributed by atoms with Crippen LogP contribution in [-0.2, 0) is 0 Å². The molecule has 0 unspecified atom stereocenters. The van der Waals surface area contributed by atoms with Crippen molar-refractivity contribution in [1.29, 1.82) is 0 Å². The molecule has 2 nitrogen and oxygen atoms in total. The van der Waals surface area contributed by atoms with Crippen LogP contribution in [0, 0.1) is 11.6 Å². The van der Waals surface area contributed by atoms with Crippen LogP contribution in [0.3, 0.4) is 0 Å². The summed E-state index contributed by atoms with van der Waals surface area (Å²) < 4.78 is 31.0. The van der Waals surface area contributed by atoms with Gasteiger partial charge in [-0.1, -0.05) is 0 Å². The molecule has 1 N–H and O–H groups in total. The van der Waals surface area contributed by atoms with Crippen LogP contribution in [0.4, 0.5) is 8.78 Å². The average molecular weight is 229 g/mol. The summed E-state index contributed by atoms with van der Waals surface area (Å²) >= 11 is 0. The Morgan fingerprint density at radius 1 is 1.19 bits per heavy atom. The second kappa shape index (κ2) is 7.17. The van der Waals surface area contributed by atoms with Crippen LogP contribution in [0.15, 0.2) is 18.2 Å². The zero-order chi connectivity index (χ0) is 11.8. The fourth-order valence-electron chi connectivity index (χ4n) is 1.35. The van der Waals surface area contributed by atoms with Gasteiger partial charge in [-0.05, 0) is 45.0 Å². The van der Waals surface area contributed by atoms with Gasteiger partial charge in [-0.25, -0.2) is 8.78 Å². The lowest BCUT2D eigenvalue weighted by molar-refractivity contribution is 0.289. The minimum absolute atomic E-state index is 0.00591. The number of hydrogen-bond donors (Lipinski definition) is 1. The van der Waals surface area contributed by atoms with Gasteiger partial charge in [-0.2, -0.15) is 0 Å². The van der Waals surface area contributed by atoms with Crippen molar-refractivity contribution >= 4 is 0 Å². The van der Waals surface area contributed by atoms with Crippen molar-refractivity contribution in [2.75, 3.05) is 20.2 Å². The first-order valence-corrected chi connectivity index (χ1v) is 5.46. The van der Waals surface area contributed by atoms with Crippen molar-refractivity contribution in [3.63, 3.8) is 0 Å². The van der Waals surface area contributed by atoms with Gasteiger partial charge >= 0.3 is 0 Å². The van der Waals surface area contributed by atoms with E-state index < -0.39 is 11.6 Å². The summed E-state index contributed by atoms with van der Waals surface area (Å²) in [5.41, 5.74) is 0. The SMILES string of the molecule is CNCCCCCOc1cc(F)ccc1F. The lowest BCUT2D eigenvalue weighted by Crippen LogP contribution is -2.08. The molecule has 0 aliphatic heterocycles. The third-order valence-electron chi connectivity index (χ3n) is 2.22. The minimum atomic E-state index is -0.517. The van der Waals surface area contributed by atoms with Gasteiger partial charge in [0.1, 0.15) is 5.82 Å². The van der Waals surface area contributed by atoms with Crippen LogP contribution >= 0.6 is 0 Å². The van der Waals surface area contributed by atoms with E-state index in [1.54, 1.807) is 0 Å². The quantitative estimate of drug-likeness (QED) is 0.726. The van der Waals surface area contributed by atoms with E-state index in [2.05, 4.69) is 5.32 Å². The zero-order valence-corrected chi connectivity index (χ0v) is 9.43. The number of hydrogen-bond acceptors (Lipinski definition) is 2. The molecule has 1 aromatic rings. The molecule has 0 fully saturated rings. The molecule has 4 heteroatoms. The Morgan fingerprint density at radius 2 is 2.00 bits per heavy atom. The molecule has 0 atom stereocenters. The van der Waals surface area contributed by atoms with Crippen LogP contribution in [0.25, 0.3) is 0 Å². The number of rotatable bonds is 7. The maximum atomic E-state index is 13.1. The normalized spacial score (nSPS) is 10.4. The summed E-state index contributed by atoms with van der Waals surface area (Å²) in [6.45, 7) is 1.39. The van der Waals surface area contributed by atoms with Crippen LogP contribution < -0.4 is 10.1 Å². The van der Waals surface area contributed by atoms with E-state index in [-0.39, 0.29) is 5.75 Å². The Hall–Kier alpha value is -1.16. The van der Waals surface area contributed by atoms with Crippen LogP contribution in [0.2, 0.25) is 0 Å². The maximum Gasteiger partial charge on any atom is 0.165 e. The summed E-state index contributed by atoms with van der Waals surface area (Å²) in [5, 5.41) is 3.04. The molecule has 16 heavy (non-hydrogen) atoms. The molecule has 0 saturated carbocycles. The smallest absolute Gasteiger partial charge is 0.165 e. The maximum absolute atomic E-state index is 13.1. The molecule has 1 rings (SSSR count). The van der Waals surface area contributed by atoms with E-state index in [4.69, 9.17) is 4.74 Å². The van der Waals surface area contributed by atoms with Gasteiger partial charge < -0.3 is 10.1 Å². The summed E-state index contributed by atoms with van der Waals surface area (Å²) in [7, 11) is 1.90. The molecule has 0 aliphatic rings. The Kier molecular flexibility index (Phi) is 5.78. The molecule has 0 saturated heterocycles. The third kappa shape index (κ3) is 4.57. The van der Waals surface area contributed by atoms with Gasteiger partial charge in [0, 0.05) is 6.07 Å². The molecule has 90 valence electrons. The lowest BCUT2D eigenvalue weighted by atomic mass is 10.2. The highest BCUT2D eigenvalue weighted by atomic mass is 19.1. The van der Waals surface area contributed by atoms with Crippen LogP contribution in [-0.4, -0.2) is 20.2 Å². The van der Waals surface area contributed by atoms with Gasteiger partial charge in [0.2, 0.25) is 0 Å². The summed E-state index contributed by atoms with van der Waals surface area (Å²) in [6.07, 6.45) is 2.92. The molecular formula is C12H17F2NO. The molecular weight excluding hydrogens is 212 g/mol. The number of halogens is 2. The second-order valence-electron chi connectivity index (χ2n) is 3.59. The number of benzene rings is 1. The minimum Gasteiger partial charge on any atom is -0.490 e. The molecule has 0 radical (unpaired) electrons. The first-order valence-electron chi connectivity index (χ1n) is 5.46. The Labute approximate surface area is 94.6 Å². The fraction of sp³-hybridized carbons (Fsp3) is 0.500. The van der Waals surface area contributed by atoms with E-state index in [1.807, 2.05) is 7.05 Å². The predicted octanol–water partition coefficient (Wildman–Crippen LogP) is 2.73. The molecule has 0 aromatic heterocycles. The molecule has 0 heterocycles. The van der Waals surface area contributed by atoms with E-state index in [9.17, 15) is 8.78 Å². The largest absolute Gasteiger partial charge is 0.490 e. The van der Waals surface area contributed by atoms with E-state index in [0.717, 1.165) is 44.0 Å². The number of unbranched alkanes of at least 4 members (excludes halogenated alkanes) is 2. The van der Waals surface area contributed by atoms with Gasteiger partial charge in [0.15, 0.2) is 11.6 Å². The number of nitrogens with one attached hydrogen (secondary N) is 1. The zero-order valence-electron chi connectivity index (χ0n) is 9.43. The highest BCUT2D eigenvalue weighted by Gasteiger charge is 2.04. The fourth-order valence-corrected chi connectivity index (χ4v) is 1.35. The Balaban J connectivity index is 2.23. The Bertz CT molecular complexity index is 318. The predicted molar refractivity (Wildman–Crippen MR) is 59.6 cm³/mol. The molecule has 0 amide bonds. The highest BCUT2D eigenvalue weighted by molar-refractivity contribution is 5.24. The molecule has 0 spiro atoms. The van der Waals surface area contributed by atoms with Gasteiger partial charge in [0.05, 0.1) is 6.61 Å². The number of ether oxygens (including phenoxy) is 1. The monoisotopic (exact) mass is 229 g/mol. The van der Waals surface area contributed by atoms with Crippen LogP contribution in [0.1, 0.15) is 19.3 Å². The van der Waals surface area contributed by atoms with Gasteiger partial charge in [-0.3, -0.25) is 0 Å². The Morgan fingerprint density at radius 3 is 2.75 bits per heavy atom. The van der Waals surface area contributed by atoms with Crippen LogP contribution in [0.5, 0.6) is 5.75 Å². The van der Waals surface area contributed by atoms with Gasteiger partial charge in [0.25, 0.3) is 0 Å². The summed E-state index contributed by atoms with van der Waals surface area (Å²) in [6, 6.07) is 3.23.